The molecule has 0 unspecified atom stereocenters. The van der Waals surface area contributed by atoms with Gasteiger partial charge in [-0.15, -0.1) is 0 Å². The van der Waals surface area contributed by atoms with Crippen molar-refractivity contribution in [3.05, 3.63) is 0 Å². The molecule has 1 aliphatic heterocycles. The van der Waals surface area contributed by atoms with Crippen LogP contribution in [-0.4, -0.2) is 81.1 Å². The number of hydrogen-bond acceptors (Lipinski definition) is 5. The lowest BCUT2D eigenvalue weighted by atomic mass is 10.2. The number of halogens is 2. The summed E-state index contributed by atoms with van der Waals surface area (Å²) in [5.41, 5.74) is 0. The third-order valence-corrected chi connectivity index (χ3v) is 3.29. The molecule has 122 valence electrons. The Bertz CT molecular complexity index is 334. The Hall–Kier alpha value is -1.28. The molecule has 1 amide bonds. The number of hydrogen-bond donors (Lipinski definition) is 0. The molecule has 0 N–H and O–H groups in total. The number of methoxy groups -OCH3 is 1. The first-order chi connectivity index (χ1) is 10.0. The number of ether oxygens (including phenoxy) is 2. The van der Waals surface area contributed by atoms with Crippen LogP contribution in [0, 0.1) is 0 Å². The van der Waals surface area contributed by atoms with E-state index in [0.29, 0.717) is 39.1 Å². The molecule has 21 heavy (non-hydrogen) atoms. The molecule has 1 rings (SSSR count). The molecule has 0 aromatic carbocycles. The fourth-order valence-electron chi connectivity index (χ4n) is 2.06. The second kappa shape index (κ2) is 9.62. The lowest BCUT2D eigenvalue weighted by molar-refractivity contribution is -0.141. The lowest BCUT2D eigenvalue weighted by Gasteiger charge is -2.34. The SMILES string of the molecule is COC(=O)CCN1CCN(C(=O)CCOCC(F)F)CC1. The summed E-state index contributed by atoms with van der Waals surface area (Å²) in [5, 5.41) is 0. The van der Waals surface area contributed by atoms with Gasteiger partial charge in [0.2, 0.25) is 5.91 Å². The van der Waals surface area contributed by atoms with Crippen molar-refractivity contribution < 1.29 is 27.8 Å². The summed E-state index contributed by atoms with van der Waals surface area (Å²) in [6.45, 7) is 2.55. The summed E-state index contributed by atoms with van der Waals surface area (Å²) in [6, 6.07) is 0. The van der Waals surface area contributed by atoms with Crippen LogP contribution in [0.2, 0.25) is 0 Å². The minimum absolute atomic E-state index is 0.0196. The Morgan fingerprint density at radius 2 is 1.81 bits per heavy atom. The number of alkyl halides is 2. The first kappa shape index (κ1) is 17.8. The molecule has 0 aliphatic carbocycles. The van der Waals surface area contributed by atoms with Gasteiger partial charge in [0, 0.05) is 32.7 Å². The van der Waals surface area contributed by atoms with Gasteiger partial charge in [-0.3, -0.25) is 14.5 Å². The first-order valence-electron chi connectivity index (χ1n) is 6.95. The Morgan fingerprint density at radius 3 is 2.38 bits per heavy atom. The first-order valence-corrected chi connectivity index (χ1v) is 6.95. The minimum Gasteiger partial charge on any atom is -0.469 e. The van der Waals surface area contributed by atoms with Crippen molar-refractivity contribution in [2.75, 3.05) is 53.0 Å². The van der Waals surface area contributed by atoms with Gasteiger partial charge in [0.1, 0.15) is 6.61 Å². The van der Waals surface area contributed by atoms with Gasteiger partial charge in [-0.1, -0.05) is 0 Å². The smallest absolute Gasteiger partial charge is 0.306 e. The molecule has 1 aliphatic rings. The molecule has 0 saturated carbocycles. The van der Waals surface area contributed by atoms with Crippen LogP contribution >= 0.6 is 0 Å². The molecule has 0 radical (unpaired) electrons. The number of amides is 1. The van der Waals surface area contributed by atoms with Crippen LogP contribution in [0.5, 0.6) is 0 Å². The summed E-state index contributed by atoms with van der Waals surface area (Å²) in [4.78, 5) is 26.7. The summed E-state index contributed by atoms with van der Waals surface area (Å²) in [5.74, 6) is -0.332. The Labute approximate surface area is 123 Å². The van der Waals surface area contributed by atoms with Crippen molar-refractivity contribution in [2.24, 2.45) is 0 Å². The van der Waals surface area contributed by atoms with E-state index in [1.165, 1.54) is 7.11 Å². The maximum Gasteiger partial charge on any atom is 0.306 e. The van der Waals surface area contributed by atoms with Crippen molar-refractivity contribution in [1.29, 1.82) is 0 Å². The molecule has 1 saturated heterocycles. The normalized spacial score (nSPS) is 16.3. The van der Waals surface area contributed by atoms with E-state index >= 15 is 0 Å². The van der Waals surface area contributed by atoms with E-state index in [9.17, 15) is 18.4 Å². The number of carbonyl (C=O) groups excluding carboxylic acids is 2. The Kier molecular flexibility index (Phi) is 8.14. The van der Waals surface area contributed by atoms with Crippen LogP contribution in [0.15, 0.2) is 0 Å². The molecule has 1 heterocycles. The molecule has 0 atom stereocenters. The van der Waals surface area contributed by atoms with E-state index in [2.05, 4.69) is 9.64 Å². The average Bonchev–Trinajstić information content (AvgIpc) is 2.49. The van der Waals surface area contributed by atoms with E-state index in [0.717, 1.165) is 0 Å². The maximum absolute atomic E-state index is 11.9. The van der Waals surface area contributed by atoms with Crippen LogP contribution in [0.25, 0.3) is 0 Å². The van der Waals surface area contributed by atoms with Crippen LogP contribution in [0.4, 0.5) is 8.78 Å². The van der Waals surface area contributed by atoms with E-state index in [-0.39, 0.29) is 24.9 Å². The highest BCUT2D eigenvalue weighted by molar-refractivity contribution is 5.76. The maximum atomic E-state index is 11.9. The summed E-state index contributed by atoms with van der Waals surface area (Å²) >= 11 is 0. The molecular formula is C13H22F2N2O4. The van der Waals surface area contributed by atoms with Crippen LogP contribution in [-0.2, 0) is 19.1 Å². The number of piperazine rings is 1. The van der Waals surface area contributed by atoms with Gasteiger partial charge < -0.3 is 14.4 Å². The van der Waals surface area contributed by atoms with Gasteiger partial charge in [0.15, 0.2) is 0 Å². The second-order valence-corrected chi connectivity index (χ2v) is 4.76. The molecule has 1 fully saturated rings. The number of esters is 1. The van der Waals surface area contributed by atoms with Gasteiger partial charge in [-0.25, -0.2) is 8.78 Å². The molecule has 0 aromatic rings. The molecule has 8 heteroatoms. The predicted octanol–water partition coefficient (Wildman–Crippen LogP) is 0.365. The zero-order chi connectivity index (χ0) is 15.7. The minimum atomic E-state index is -2.50. The van der Waals surface area contributed by atoms with E-state index in [1.54, 1.807) is 4.90 Å². The van der Waals surface area contributed by atoms with Crippen molar-refractivity contribution in [2.45, 2.75) is 19.3 Å². The van der Waals surface area contributed by atoms with Crippen LogP contribution in [0.3, 0.4) is 0 Å². The topological polar surface area (TPSA) is 59.1 Å². The zero-order valence-electron chi connectivity index (χ0n) is 12.2. The van der Waals surface area contributed by atoms with Gasteiger partial charge in [0.05, 0.1) is 26.6 Å². The largest absolute Gasteiger partial charge is 0.469 e. The highest BCUT2D eigenvalue weighted by Gasteiger charge is 2.21. The lowest BCUT2D eigenvalue weighted by Crippen LogP contribution is -2.49. The Balaban J connectivity index is 2.14. The van der Waals surface area contributed by atoms with E-state index in [4.69, 9.17) is 4.74 Å². The Morgan fingerprint density at radius 1 is 1.14 bits per heavy atom. The fraction of sp³-hybridized carbons (Fsp3) is 0.846. The highest BCUT2D eigenvalue weighted by atomic mass is 19.3. The van der Waals surface area contributed by atoms with Crippen molar-refractivity contribution in [3.63, 3.8) is 0 Å². The number of nitrogens with zero attached hydrogens (tertiary/aromatic N) is 2. The zero-order valence-corrected chi connectivity index (χ0v) is 12.2. The van der Waals surface area contributed by atoms with Crippen molar-refractivity contribution >= 4 is 11.9 Å². The average molecular weight is 308 g/mol. The van der Waals surface area contributed by atoms with Gasteiger partial charge in [0.25, 0.3) is 6.43 Å². The van der Waals surface area contributed by atoms with Crippen LogP contribution in [0.1, 0.15) is 12.8 Å². The molecule has 0 bridgehead atoms. The standard InChI is InChI=1S/C13H22F2N2O4/c1-20-13(19)2-4-16-5-7-17(8-6-16)12(18)3-9-21-10-11(14)15/h11H,2-10H2,1H3. The monoisotopic (exact) mass is 308 g/mol. The molecular weight excluding hydrogens is 286 g/mol. The van der Waals surface area contributed by atoms with E-state index < -0.39 is 13.0 Å². The quantitative estimate of drug-likeness (QED) is 0.479. The third kappa shape index (κ3) is 7.33. The molecule has 6 nitrogen and oxygen atoms in total. The fourth-order valence-corrected chi connectivity index (χ4v) is 2.06. The van der Waals surface area contributed by atoms with Crippen LogP contribution < -0.4 is 0 Å². The van der Waals surface area contributed by atoms with Gasteiger partial charge in [-0.2, -0.15) is 0 Å². The van der Waals surface area contributed by atoms with Gasteiger partial charge in [-0.05, 0) is 0 Å². The van der Waals surface area contributed by atoms with Crippen molar-refractivity contribution in [1.82, 2.24) is 9.80 Å². The van der Waals surface area contributed by atoms with E-state index in [1.807, 2.05) is 0 Å². The second-order valence-electron chi connectivity index (χ2n) is 4.76. The summed E-state index contributed by atoms with van der Waals surface area (Å²) in [7, 11) is 1.36. The van der Waals surface area contributed by atoms with Gasteiger partial charge >= 0.3 is 5.97 Å². The summed E-state index contributed by atoms with van der Waals surface area (Å²) in [6.07, 6.45) is -2.04. The molecule has 0 spiro atoms. The third-order valence-electron chi connectivity index (χ3n) is 3.29. The molecule has 0 aromatic heterocycles. The highest BCUT2D eigenvalue weighted by Crippen LogP contribution is 2.05. The number of carbonyl (C=O) groups is 2. The predicted molar refractivity (Wildman–Crippen MR) is 71.1 cm³/mol. The summed E-state index contributed by atoms with van der Waals surface area (Å²) < 4.78 is 33.0. The number of rotatable bonds is 8. The van der Waals surface area contributed by atoms with Crippen molar-refractivity contribution in [3.8, 4) is 0 Å².